The quantitative estimate of drug-likeness (QED) is 0.819. The van der Waals surface area contributed by atoms with Crippen LogP contribution in [0.5, 0.6) is 0 Å². The summed E-state index contributed by atoms with van der Waals surface area (Å²) in [6, 6.07) is 4.70. The van der Waals surface area contributed by atoms with Crippen LogP contribution in [0.1, 0.15) is 38.2 Å². The molecule has 24 heavy (non-hydrogen) atoms. The van der Waals surface area contributed by atoms with Crippen LogP contribution < -0.4 is 5.32 Å². The first-order valence-electron chi connectivity index (χ1n) is 8.47. The van der Waals surface area contributed by atoms with Crippen molar-refractivity contribution in [3.8, 4) is 0 Å². The summed E-state index contributed by atoms with van der Waals surface area (Å²) in [7, 11) is 0. The number of benzene rings is 1. The van der Waals surface area contributed by atoms with Crippen molar-refractivity contribution in [1.82, 2.24) is 10.2 Å². The topological polar surface area (TPSA) is 49.4 Å². The summed E-state index contributed by atoms with van der Waals surface area (Å²) < 4.78 is 14.0. The van der Waals surface area contributed by atoms with Crippen LogP contribution in [0.25, 0.3) is 0 Å². The maximum absolute atomic E-state index is 14.0. The average Bonchev–Trinajstić information content (AvgIpc) is 3.43. The molecule has 2 fully saturated rings. The van der Waals surface area contributed by atoms with Crippen LogP contribution in [0, 0.1) is 17.7 Å². The molecule has 2 atom stereocenters. The van der Waals surface area contributed by atoms with Gasteiger partial charge in [-0.1, -0.05) is 24.6 Å². The molecule has 2 aliphatic carbocycles. The van der Waals surface area contributed by atoms with Gasteiger partial charge in [-0.25, -0.2) is 4.39 Å². The minimum Gasteiger partial charge on any atom is -0.355 e. The van der Waals surface area contributed by atoms with Gasteiger partial charge in [0, 0.05) is 35.5 Å². The normalized spacial score (nSPS) is 22.1. The van der Waals surface area contributed by atoms with Gasteiger partial charge in [-0.3, -0.25) is 9.59 Å². The van der Waals surface area contributed by atoms with Crippen LogP contribution in [0.3, 0.4) is 0 Å². The molecule has 1 aromatic rings. The van der Waals surface area contributed by atoms with E-state index in [0.29, 0.717) is 23.0 Å². The van der Waals surface area contributed by atoms with Crippen LogP contribution in [-0.4, -0.2) is 29.3 Å². The van der Waals surface area contributed by atoms with E-state index in [1.54, 1.807) is 17.0 Å². The first kappa shape index (κ1) is 17.2. The Bertz CT molecular complexity index is 628. The molecule has 130 valence electrons. The average molecular weight is 353 g/mol. The second-order valence-corrected chi connectivity index (χ2v) is 7.22. The lowest BCUT2D eigenvalue weighted by molar-refractivity contribution is -0.132. The maximum atomic E-state index is 14.0. The fraction of sp³-hybridized carbons (Fsp3) is 0.556. The molecule has 0 saturated heterocycles. The van der Waals surface area contributed by atoms with E-state index in [2.05, 4.69) is 5.32 Å². The van der Waals surface area contributed by atoms with E-state index in [-0.39, 0.29) is 36.7 Å². The highest BCUT2D eigenvalue weighted by Crippen LogP contribution is 2.37. The van der Waals surface area contributed by atoms with Crippen molar-refractivity contribution in [2.75, 3.05) is 6.54 Å². The molecule has 0 heterocycles. The Kier molecular flexibility index (Phi) is 5.09. The third kappa shape index (κ3) is 4.07. The minimum atomic E-state index is -0.392. The third-order valence-corrected chi connectivity index (χ3v) is 5.14. The second kappa shape index (κ2) is 7.09. The van der Waals surface area contributed by atoms with Crippen molar-refractivity contribution in [2.45, 2.75) is 45.2 Å². The molecule has 0 unspecified atom stereocenters. The number of carbonyl (C=O) groups is 2. The van der Waals surface area contributed by atoms with E-state index >= 15 is 0 Å². The molecule has 0 spiro atoms. The van der Waals surface area contributed by atoms with E-state index < -0.39 is 5.82 Å². The molecule has 2 amide bonds. The molecule has 6 heteroatoms. The van der Waals surface area contributed by atoms with Gasteiger partial charge in [0.05, 0.1) is 6.54 Å². The lowest BCUT2D eigenvalue weighted by Gasteiger charge is -2.23. The van der Waals surface area contributed by atoms with Crippen molar-refractivity contribution in [1.29, 1.82) is 0 Å². The molecule has 0 aromatic heterocycles. The molecule has 4 nitrogen and oxygen atoms in total. The van der Waals surface area contributed by atoms with Gasteiger partial charge in [-0.15, -0.1) is 0 Å². The minimum absolute atomic E-state index is 0.0328. The summed E-state index contributed by atoms with van der Waals surface area (Å²) in [6.45, 7) is 2.56. The van der Waals surface area contributed by atoms with Crippen LogP contribution in [0.4, 0.5) is 4.39 Å². The predicted octanol–water partition coefficient (Wildman–Crippen LogP) is 3.13. The van der Waals surface area contributed by atoms with Gasteiger partial charge in [0.15, 0.2) is 0 Å². The molecule has 0 bridgehead atoms. The van der Waals surface area contributed by atoms with Crippen LogP contribution in [0.15, 0.2) is 18.2 Å². The summed E-state index contributed by atoms with van der Waals surface area (Å²) in [4.78, 5) is 26.0. The predicted molar refractivity (Wildman–Crippen MR) is 89.9 cm³/mol. The Hall–Kier alpha value is -1.62. The number of carbonyl (C=O) groups excluding carboxylic acids is 2. The molecule has 0 radical (unpaired) electrons. The Morgan fingerprint density at radius 2 is 2.08 bits per heavy atom. The first-order chi connectivity index (χ1) is 11.5. The largest absolute Gasteiger partial charge is 0.355 e. The van der Waals surface area contributed by atoms with Gasteiger partial charge >= 0.3 is 0 Å². The van der Waals surface area contributed by atoms with Crippen LogP contribution >= 0.6 is 11.6 Å². The maximum Gasteiger partial charge on any atom is 0.224 e. The highest BCUT2D eigenvalue weighted by atomic mass is 35.5. The van der Waals surface area contributed by atoms with Gasteiger partial charge < -0.3 is 10.2 Å². The Morgan fingerprint density at radius 3 is 2.67 bits per heavy atom. The first-order valence-corrected chi connectivity index (χ1v) is 8.85. The summed E-state index contributed by atoms with van der Waals surface area (Å²) in [6.07, 6.45) is 3.03. The Morgan fingerprint density at radius 1 is 1.38 bits per heavy atom. The monoisotopic (exact) mass is 352 g/mol. The number of nitrogens with one attached hydrogen (secondary N) is 1. The number of nitrogens with zero attached hydrogens (tertiary/aromatic N) is 1. The third-order valence-electron chi connectivity index (χ3n) is 4.78. The molecular weight excluding hydrogens is 331 g/mol. The van der Waals surface area contributed by atoms with E-state index in [1.165, 1.54) is 6.07 Å². The lowest BCUT2D eigenvalue weighted by Crippen LogP contribution is -2.36. The fourth-order valence-corrected chi connectivity index (χ4v) is 3.14. The summed E-state index contributed by atoms with van der Waals surface area (Å²) in [5, 5.41) is 3.16. The van der Waals surface area contributed by atoms with E-state index in [4.69, 9.17) is 11.6 Å². The van der Waals surface area contributed by atoms with Crippen molar-refractivity contribution in [3.63, 3.8) is 0 Å². The highest BCUT2D eigenvalue weighted by Gasteiger charge is 2.39. The van der Waals surface area contributed by atoms with Crippen LogP contribution in [0.2, 0.25) is 5.02 Å². The van der Waals surface area contributed by atoms with Gasteiger partial charge in [0.1, 0.15) is 5.82 Å². The number of rotatable bonds is 7. The van der Waals surface area contributed by atoms with Crippen molar-refractivity contribution < 1.29 is 14.0 Å². The standard InChI is InChI=1S/C18H22ClFN2O2/c1-11-9-13(11)18(24)21-8-7-17(23)22(12-5-6-12)10-14-15(19)3-2-4-16(14)20/h2-4,11-13H,5-10H2,1H3,(H,21,24)/t11-,13+/m1/s1. The highest BCUT2D eigenvalue weighted by molar-refractivity contribution is 6.31. The molecule has 3 rings (SSSR count). The van der Waals surface area contributed by atoms with Gasteiger partial charge in [0.25, 0.3) is 0 Å². The number of halogens is 2. The smallest absolute Gasteiger partial charge is 0.224 e. The summed E-state index contributed by atoms with van der Waals surface area (Å²) in [5.74, 6) is 0.132. The number of amides is 2. The van der Waals surface area contributed by atoms with E-state index in [0.717, 1.165) is 19.3 Å². The molecule has 0 aliphatic heterocycles. The van der Waals surface area contributed by atoms with Crippen molar-refractivity contribution in [3.05, 3.63) is 34.6 Å². The Labute approximate surface area is 146 Å². The van der Waals surface area contributed by atoms with E-state index in [9.17, 15) is 14.0 Å². The zero-order valence-corrected chi connectivity index (χ0v) is 14.5. The van der Waals surface area contributed by atoms with Gasteiger partial charge in [-0.05, 0) is 37.3 Å². The van der Waals surface area contributed by atoms with Crippen LogP contribution in [-0.2, 0) is 16.1 Å². The van der Waals surface area contributed by atoms with Crippen molar-refractivity contribution in [2.24, 2.45) is 11.8 Å². The molecule has 2 aliphatic rings. The fourth-order valence-electron chi connectivity index (χ4n) is 2.92. The SMILES string of the molecule is C[C@@H]1C[C@@H]1C(=O)NCCC(=O)N(Cc1c(F)cccc1Cl)C1CC1. The molecule has 1 aromatic carbocycles. The van der Waals surface area contributed by atoms with Gasteiger partial charge in [-0.2, -0.15) is 0 Å². The summed E-state index contributed by atoms with van der Waals surface area (Å²) in [5.41, 5.74) is 0.357. The van der Waals surface area contributed by atoms with Crippen molar-refractivity contribution >= 4 is 23.4 Å². The number of hydrogen-bond acceptors (Lipinski definition) is 2. The van der Waals surface area contributed by atoms with E-state index in [1.807, 2.05) is 6.92 Å². The molecule has 1 N–H and O–H groups in total. The Balaban J connectivity index is 1.55. The zero-order valence-electron chi connectivity index (χ0n) is 13.7. The summed E-state index contributed by atoms with van der Waals surface area (Å²) >= 11 is 6.07. The molecular formula is C18H22ClFN2O2. The number of hydrogen-bond donors (Lipinski definition) is 1. The second-order valence-electron chi connectivity index (χ2n) is 6.81. The molecule has 2 saturated carbocycles. The van der Waals surface area contributed by atoms with Gasteiger partial charge in [0.2, 0.25) is 11.8 Å². The lowest BCUT2D eigenvalue weighted by atomic mass is 10.2. The zero-order chi connectivity index (χ0) is 17.3.